The molecule has 0 unspecified atom stereocenters. The van der Waals surface area contributed by atoms with Crippen molar-refractivity contribution in [1.29, 1.82) is 0 Å². The summed E-state index contributed by atoms with van der Waals surface area (Å²) < 4.78 is 2.13. The molecule has 0 fully saturated rings. The number of hydrogen-bond acceptors (Lipinski definition) is 3. The number of benzene rings is 1. The quantitative estimate of drug-likeness (QED) is 0.550. The molecule has 130 valence electrons. The summed E-state index contributed by atoms with van der Waals surface area (Å²) in [6.45, 7) is 1.47. The molecule has 1 aromatic carbocycles. The fraction of sp³-hybridized carbons (Fsp3) is 0.444. The minimum atomic E-state index is 0.0177. The third kappa shape index (κ3) is 5.39. The maximum atomic E-state index is 12.6. The Hall–Kier alpha value is -0.730. The number of fused-ring (bicyclic) bond motifs is 1. The van der Waals surface area contributed by atoms with Crippen LogP contribution in [0.2, 0.25) is 0 Å². The first-order chi connectivity index (χ1) is 11.4. The summed E-state index contributed by atoms with van der Waals surface area (Å²) in [7, 11) is 3.94. The van der Waals surface area contributed by atoms with Crippen molar-refractivity contribution >= 4 is 55.8 Å². The predicted octanol–water partition coefficient (Wildman–Crippen LogP) is 3.57. The monoisotopic (exact) mass is 504 g/mol. The molecule has 1 aliphatic carbocycles. The van der Waals surface area contributed by atoms with E-state index in [9.17, 15) is 9.59 Å². The highest BCUT2D eigenvalue weighted by Gasteiger charge is 2.25. The Morgan fingerprint density at radius 2 is 2.04 bits per heavy atom. The van der Waals surface area contributed by atoms with E-state index in [0.717, 1.165) is 32.2 Å². The molecular formula is C18H22BrIN2O2. The lowest BCUT2D eigenvalue weighted by atomic mass is 9.99. The van der Waals surface area contributed by atoms with Crippen LogP contribution in [0.5, 0.6) is 0 Å². The number of nitrogens with zero attached hydrogens (tertiary/aromatic N) is 1. The van der Waals surface area contributed by atoms with Crippen LogP contribution in [0.1, 0.15) is 30.4 Å². The van der Waals surface area contributed by atoms with E-state index in [1.807, 2.05) is 31.1 Å². The Bertz CT molecular complexity index is 671. The number of allylic oxidation sites excluding steroid dienone is 2. The molecule has 24 heavy (non-hydrogen) atoms. The van der Waals surface area contributed by atoms with E-state index in [1.54, 1.807) is 0 Å². The fourth-order valence-electron chi connectivity index (χ4n) is 2.70. The van der Waals surface area contributed by atoms with Crippen molar-refractivity contribution in [3.8, 4) is 0 Å². The molecule has 0 aromatic heterocycles. The van der Waals surface area contributed by atoms with E-state index in [4.69, 9.17) is 0 Å². The van der Waals surface area contributed by atoms with Gasteiger partial charge in [-0.15, -0.1) is 0 Å². The molecule has 4 nitrogen and oxygen atoms in total. The maximum Gasteiger partial charge on any atom is 0.220 e. The first kappa shape index (κ1) is 19.6. The number of hydrogen-bond donors (Lipinski definition) is 1. The zero-order valence-corrected chi connectivity index (χ0v) is 17.7. The summed E-state index contributed by atoms with van der Waals surface area (Å²) in [6, 6.07) is 6.05. The van der Waals surface area contributed by atoms with Gasteiger partial charge in [0.1, 0.15) is 0 Å². The van der Waals surface area contributed by atoms with Gasteiger partial charge in [-0.1, -0.05) is 22.0 Å². The fourth-order valence-corrected chi connectivity index (χ4v) is 4.11. The Kier molecular flexibility index (Phi) is 7.43. The number of rotatable bonds is 8. The lowest BCUT2D eigenvalue weighted by Crippen LogP contribution is -2.31. The maximum absolute atomic E-state index is 12.6. The van der Waals surface area contributed by atoms with Crippen molar-refractivity contribution < 1.29 is 9.59 Å². The number of Topliss-reactive ketones (excluding diaryl/α,β-unsaturated/α-hetero) is 1. The van der Waals surface area contributed by atoms with Crippen LogP contribution < -0.4 is 5.32 Å². The molecular weight excluding hydrogens is 483 g/mol. The van der Waals surface area contributed by atoms with Gasteiger partial charge in [-0.3, -0.25) is 9.59 Å². The molecule has 0 atom stereocenters. The third-order valence-electron chi connectivity index (χ3n) is 3.92. The van der Waals surface area contributed by atoms with Gasteiger partial charge in [0.2, 0.25) is 5.91 Å². The second kappa shape index (κ2) is 9.10. The van der Waals surface area contributed by atoms with E-state index < -0.39 is 0 Å². The number of likely N-dealkylation sites (N-methyl/N-ethyl adjacent to an activating group) is 1. The van der Waals surface area contributed by atoms with Gasteiger partial charge in [-0.25, -0.2) is 0 Å². The summed E-state index contributed by atoms with van der Waals surface area (Å²) in [5.41, 5.74) is 3.08. The number of amides is 1. The van der Waals surface area contributed by atoms with Crippen LogP contribution in [0.15, 0.2) is 26.3 Å². The number of carbonyl (C=O) groups is 2. The Labute approximate surface area is 165 Å². The van der Waals surface area contributed by atoms with Gasteiger partial charge in [0, 0.05) is 46.0 Å². The van der Waals surface area contributed by atoms with Crippen LogP contribution in [0.4, 0.5) is 0 Å². The van der Waals surface area contributed by atoms with Gasteiger partial charge in [0.05, 0.1) is 0 Å². The van der Waals surface area contributed by atoms with E-state index in [2.05, 4.69) is 49.9 Å². The van der Waals surface area contributed by atoms with Gasteiger partial charge >= 0.3 is 0 Å². The molecule has 0 saturated carbocycles. The van der Waals surface area contributed by atoms with Gasteiger partial charge < -0.3 is 10.2 Å². The third-order valence-corrected chi connectivity index (χ3v) is 5.34. The highest BCUT2D eigenvalue weighted by molar-refractivity contribution is 14.1. The first-order valence-corrected chi connectivity index (χ1v) is 9.87. The van der Waals surface area contributed by atoms with Gasteiger partial charge in [0.25, 0.3) is 0 Å². The smallest absolute Gasteiger partial charge is 0.220 e. The van der Waals surface area contributed by atoms with Crippen molar-refractivity contribution in [1.82, 2.24) is 10.2 Å². The summed E-state index contributed by atoms with van der Waals surface area (Å²) >= 11 is 5.74. The van der Waals surface area contributed by atoms with Crippen LogP contribution >= 0.6 is 38.5 Å². The highest BCUT2D eigenvalue weighted by Crippen LogP contribution is 2.38. The van der Waals surface area contributed by atoms with Crippen LogP contribution in [0.3, 0.4) is 0 Å². The van der Waals surface area contributed by atoms with Crippen molar-refractivity contribution in [2.45, 2.75) is 25.7 Å². The van der Waals surface area contributed by atoms with E-state index in [-0.39, 0.29) is 11.7 Å². The number of ketones is 1. The van der Waals surface area contributed by atoms with Crippen molar-refractivity contribution in [2.75, 3.05) is 27.2 Å². The van der Waals surface area contributed by atoms with E-state index >= 15 is 0 Å². The van der Waals surface area contributed by atoms with E-state index in [0.29, 0.717) is 25.8 Å². The number of halogens is 2. The zero-order chi connectivity index (χ0) is 17.7. The minimum Gasteiger partial charge on any atom is -0.355 e. The molecule has 1 aromatic rings. The Morgan fingerprint density at radius 1 is 1.29 bits per heavy atom. The summed E-state index contributed by atoms with van der Waals surface area (Å²) in [5, 5.41) is 2.88. The number of carbonyl (C=O) groups excluding carboxylic acids is 2. The number of nitrogens with one attached hydrogen (secondary N) is 1. The average Bonchev–Trinajstić information content (AvgIpc) is 2.81. The molecule has 0 aliphatic heterocycles. The minimum absolute atomic E-state index is 0.0177. The van der Waals surface area contributed by atoms with Crippen molar-refractivity contribution in [3.63, 3.8) is 0 Å². The highest BCUT2D eigenvalue weighted by atomic mass is 127. The molecule has 0 bridgehead atoms. The molecule has 0 saturated heterocycles. The summed E-state index contributed by atoms with van der Waals surface area (Å²) in [4.78, 5) is 26.4. The lowest BCUT2D eigenvalue weighted by Gasteiger charge is -2.10. The Morgan fingerprint density at radius 3 is 2.75 bits per heavy atom. The van der Waals surface area contributed by atoms with Gasteiger partial charge in [-0.2, -0.15) is 0 Å². The van der Waals surface area contributed by atoms with Crippen LogP contribution in [0, 0.1) is 0 Å². The second-order valence-corrected chi connectivity index (χ2v) is 8.41. The standard InChI is InChI=1S/C18H22BrIN2O2/c1-22(2)9-8-21-17(24)5-3-4-16(23)18-14-7-6-13(19)10-12(14)11-15(18)20/h6-7,10H,3-5,8-9,11H2,1-2H3,(H,21,24). The van der Waals surface area contributed by atoms with E-state index in [1.165, 1.54) is 5.56 Å². The topological polar surface area (TPSA) is 49.4 Å². The molecule has 1 aliphatic rings. The molecule has 1 N–H and O–H groups in total. The van der Waals surface area contributed by atoms with Crippen molar-refractivity contribution in [3.05, 3.63) is 37.4 Å². The lowest BCUT2D eigenvalue weighted by molar-refractivity contribution is -0.121. The zero-order valence-electron chi connectivity index (χ0n) is 14.0. The Balaban J connectivity index is 1.83. The van der Waals surface area contributed by atoms with Crippen LogP contribution in [0.25, 0.3) is 5.57 Å². The van der Waals surface area contributed by atoms with Crippen molar-refractivity contribution in [2.24, 2.45) is 0 Å². The SMILES string of the molecule is CN(C)CCNC(=O)CCCC(=O)C1=C(I)Cc2cc(Br)ccc21. The molecule has 0 radical (unpaired) electrons. The average molecular weight is 505 g/mol. The summed E-state index contributed by atoms with van der Waals surface area (Å²) in [5.74, 6) is 0.158. The largest absolute Gasteiger partial charge is 0.355 e. The second-order valence-electron chi connectivity index (χ2n) is 6.19. The molecule has 0 spiro atoms. The molecule has 6 heteroatoms. The predicted molar refractivity (Wildman–Crippen MR) is 109 cm³/mol. The normalized spacial score (nSPS) is 13.4. The van der Waals surface area contributed by atoms with Crippen LogP contribution in [-0.2, 0) is 16.0 Å². The molecule has 0 heterocycles. The van der Waals surface area contributed by atoms with Gasteiger partial charge in [0.15, 0.2) is 5.78 Å². The van der Waals surface area contributed by atoms with Crippen LogP contribution in [-0.4, -0.2) is 43.8 Å². The molecule has 2 rings (SSSR count). The first-order valence-electron chi connectivity index (χ1n) is 8.00. The van der Waals surface area contributed by atoms with Gasteiger partial charge in [-0.05, 0) is 66.4 Å². The summed E-state index contributed by atoms with van der Waals surface area (Å²) in [6.07, 6.45) is 2.22. The molecule has 1 amide bonds.